The predicted octanol–water partition coefficient (Wildman–Crippen LogP) is 4.84. The number of nitrogens with zero attached hydrogens (tertiary/aromatic N) is 4. The number of pyridine rings is 2. The minimum atomic E-state index is -1.04. The number of aromatic nitrogens is 2. The number of benzene rings is 1. The smallest absolute Gasteiger partial charge is 0.354 e. The van der Waals surface area contributed by atoms with Crippen LogP contribution >= 0.6 is 23.2 Å². The summed E-state index contributed by atoms with van der Waals surface area (Å²) in [5.41, 5.74) is 2.10. The van der Waals surface area contributed by atoms with Crippen molar-refractivity contribution in [2.45, 2.75) is 18.9 Å². The van der Waals surface area contributed by atoms with E-state index in [0.29, 0.717) is 21.4 Å². The molecule has 1 fully saturated rings. The van der Waals surface area contributed by atoms with Gasteiger partial charge in [-0.1, -0.05) is 23.2 Å². The molecule has 0 spiro atoms. The predicted molar refractivity (Wildman–Crippen MR) is 133 cm³/mol. The molecule has 34 heavy (non-hydrogen) atoms. The molecule has 1 amide bonds. The van der Waals surface area contributed by atoms with Gasteiger partial charge in [0.25, 0.3) is 5.91 Å². The third-order valence-electron chi connectivity index (χ3n) is 5.89. The van der Waals surface area contributed by atoms with Crippen molar-refractivity contribution < 1.29 is 14.7 Å². The lowest BCUT2D eigenvalue weighted by atomic mass is 10.0. The standard InChI is InChI=1S/C24H23Cl2N5O3/c1-30(17-7-10-31(11-8-17)18-6-9-27-20(13-18)24(33)34)21-4-2-15(25)12-19(21)23(32)29-22-5-3-16(26)14-28-22/h2-6,9,12-14,17H,7-8,10-11H2,1H3,(H,33,34)(H,28,29,32). The molecular formula is C24H23Cl2N5O3. The molecule has 1 aliphatic rings. The molecule has 3 heterocycles. The summed E-state index contributed by atoms with van der Waals surface area (Å²) in [6.07, 6.45) is 4.66. The van der Waals surface area contributed by atoms with E-state index in [2.05, 4.69) is 25.1 Å². The van der Waals surface area contributed by atoms with Gasteiger partial charge in [0, 0.05) is 55.0 Å². The highest BCUT2D eigenvalue weighted by Gasteiger charge is 2.26. The second-order valence-electron chi connectivity index (χ2n) is 8.01. The lowest BCUT2D eigenvalue weighted by molar-refractivity contribution is 0.0690. The second-order valence-corrected chi connectivity index (χ2v) is 8.88. The zero-order chi connectivity index (χ0) is 24.2. The summed E-state index contributed by atoms with van der Waals surface area (Å²) >= 11 is 12.1. The summed E-state index contributed by atoms with van der Waals surface area (Å²) in [7, 11) is 1.97. The van der Waals surface area contributed by atoms with Crippen LogP contribution in [0.1, 0.15) is 33.7 Å². The third kappa shape index (κ3) is 5.40. The van der Waals surface area contributed by atoms with Gasteiger partial charge < -0.3 is 20.2 Å². The van der Waals surface area contributed by atoms with Crippen molar-refractivity contribution in [3.63, 3.8) is 0 Å². The first-order chi connectivity index (χ1) is 16.3. The van der Waals surface area contributed by atoms with E-state index in [-0.39, 0.29) is 17.6 Å². The Labute approximate surface area is 207 Å². The fourth-order valence-corrected chi connectivity index (χ4v) is 4.36. The number of carbonyl (C=O) groups excluding carboxylic acids is 1. The van der Waals surface area contributed by atoms with Gasteiger partial charge in [-0.3, -0.25) is 4.79 Å². The van der Waals surface area contributed by atoms with Gasteiger partial charge in [0.1, 0.15) is 11.5 Å². The zero-order valence-electron chi connectivity index (χ0n) is 18.4. The minimum absolute atomic E-state index is 0.0312. The van der Waals surface area contributed by atoms with E-state index in [0.717, 1.165) is 37.3 Å². The summed E-state index contributed by atoms with van der Waals surface area (Å²) < 4.78 is 0. The summed E-state index contributed by atoms with van der Waals surface area (Å²) in [6, 6.07) is 12.2. The number of anilines is 3. The number of carbonyl (C=O) groups is 2. The molecule has 0 radical (unpaired) electrons. The normalized spacial score (nSPS) is 14.0. The number of amides is 1. The quantitative estimate of drug-likeness (QED) is 0.500. The number of rotatable bonds is 6. The number of carboxylic acid groups (broad SMARTS) is 1. The lowest BCUT2D eigenvalue weighted by Crippen LogP contribution is -2.44. The van der Waals surface area contributed by atoms with Crippen LogP contribution in [0.2, 0.25) is 10.0 Å². The molecule has 0 bridgehead atoms. The Morgan fingerprint density at radius 3 is 2.47 bits per heavy atom. The number of halogens is 2. The van der Waals surface area contributed by atoms with Crippen LogP contribution in [-0.2, 0) is 0 Å². The number of nitrogens with one attached hydrogen (secondary N) is 1. The van der Waals surface area contributed by atoms with Crippen molar-refractivity contribution in [3.8, 4) is 0 Å². The summed E-state index contributed by atoms with van der Waals surface area (Å²) in [5, 5.41) is 13.0. The Bertz CT molecular complexity index is 1200. The third-order valence-corrected chi connectivity index (χ3v) is 6.35. The van der Waals surface area contributed by atoms with Crippen LogP contribution in [0.3, 0.4) is 0 Å². The highest BCUT2D eigenvalue weighted by molar-refractivity contribution is 6.31. The van der Waals surface area contributed by atoms with Gasteiger partial charge in [-0.05, 0) is 55.3 Å². The van der Waals surface area contributed by atoms with Crippen LogP contribution in [-0.4, -0.2) is 53.1 Å². The molecule has 1 aromatic carbocycles. The van der Waals surface area contributed by atoms with Crippen molar-refractivity contribution in [3.05, 3.63) is 76.2 Å². The molecule has 2 aromatic heterocycles. The van der Waals surface area contributed by atoms with Gasteiger partial charge in [0.2, 0.25) is 0 Å². The molecule has 8 nitrogen and oxygen atoms in total. The van der Waals surface area contributed by atoms with Crippen LogP contribution in [0, 0.1) is 0 Å². The van der Waals surface area contributed by atoms with Crippen molar-refractivity contribution >= 4 is 52.3 Å². The molecule has 10 heteroatoms. The molecule has 176 valence electrons. The van der Waals surface area contributed by atoms with Gasteiger partial charge >= 0.3 is 5.97 Å². The summed E-state index contributed by atoms with van der Waals surface area (Å²) in [6.45, 7) is 1.50. The Kier molecular flexibility index (Phi) is 7.19. The second kappa shape index (κ2) is 10.3. The maximum atomic E-state index is 13.1. The van der Waals surface area contributed by atoms with Crippen LogP contribution in [0.4, 0.5) is 17.2 Å². The molecule has 1 aliphatic heterocycles. The Balaban J connectivity index is 1.47. The first kappa shape index (κ1) is 23.8. The molecule has 1 saturated heterocycles. The van der Waals surface area contributed by atoms with Gasteiger partial charge in [0.15, 0.2) is 0 Å². The molecule has 4 rings (SSSR count). The van der Waals surface area contributed by atoms with Crippen LogP contribution < -0.4 is 15.1 Å². The monoisotopic (exact) mass is 499 g/mol. The molecule has 0 atom stereocenters. The molecular weight excluding hydrogens is 477 g/mol. The van der Waals surface area contributed by atoms with Gasteiger partial charge in [0.05, 0.1) is 10.6 Å². The Morgan fingerprint density at radius 2 is 1.79 bits per heavy atom. The van der Waals surface area contributed by atoms with Crippen LogP contribution in [0.5, 0.6) is 0 Å². The Hall–Kier alpha value is -3.36. The SMILES string of the molecule is CN(c1ccc(Cl)cc1C(=O)Nc1ccc(Cl)cn1)C1CCN(c2ccnc(C(=O)O)c2)CC1. The zero-order valence-corrected chi connectivity index (χ0v) is 19.9. The summed E-state index contributed by atoms with van der Waals surface area (Å²) in [5.74, 6) is -0.956. The van der Waals surface area contributed by atoms with Crippen molar-refractivity contribution in [2.75, 3.05) is 35.3 Å². The maximum Gasteiger partial charge on any atom is 0.354 e. The van der Waals surface area contributed by atoms with E-state index in [9.17, 15) is 14.7 Å². The van der Waals surface area contributed by atoms with E-state index < -0.39 is 5.97 Å². The fraction of sp³-hybridized carbons (Fsp3) is 0.250. The first-order valence-electron chi connectivity index (χ1n) is 10.7. The van der Waals surface area contributed by atoms with Gasteiger partial charge in [-0.25, -0.2) is 14.8 Å². The Morgan fingerprint density at radius 1 is 1.06 bits per heavy atom. The first-order valence-corrected chi connectivity index (χ1v) is 11.5. The van der Waals surface area contributed by atoms with Crippen LogP contribution in [0.25, 0.3) is 0 Å². The lowest BCUT2D eigenvalue weighted by Gasteiger charge is -2.39. The molecule has 2 N–H and O–H groups in total. The molecule has 3 aromatic rings. The largest absolute Gasteiger partial charge is 0.477 e. The van der Waals surface area contributed by atoms with E-state index in [4.69, 9.17) is 23.2 Å². The summed E-state index contributed by atoms with van der Waals surface area (Å²) in [4.78, 5) is 36.6. The van der Waals surface area contributed by atoms with Crippen molar-refractivity contribution in [2.24, 2.45) is 0 Å². The number of hydrogen-bond donors (Lipinski definition) is 2. The molecule has 0 unspecified atom stereocenters. The molecule has 0 saturated carbocycles. The van der Waals surface area contributed by atoms with Crippen LogP contribution in [0.15, 0.2) is 54.9 Å². The van der Waals surface area contributed by atoms with E-state index in [1.807, 2.05) is 19.2 Å². The average molecular weight is 500 g/mol. The maximum absolute atomic E-state index is 13.1. The van der Waals surface area contributed by atoms with E-state index in [1.165, 1.54) is 12.4 Å². The van der Waals surface area contributed by atoms with Crippen molar-refractivity contribution in [1.29, 1.82) is 0 Å². The van der Waals surface area contributed by atoms with Gasteiger partial charge in [-0.2, -0.15) is 0 Å². The van der Waals surface area contributed by atoms with E-state index in [1.54, 1.807) is 30.3 Å². The number of piperidine rings is 1. The molecule has 0 aliphatic carbocycles. The van der Waals surface area contributed by atoms with Gasteiger partial charge in [-0.15, -0.1) is 0 Å². The number of carboxylic acids is 1. The fourth-order valence-electron chi connectivity index (χ4n) is 4.07. The highest BCUT2D eigenvalue weighted by Crippen LogP contribution is 2.30. The number of aromatic carboxylic acids is 1. The number of hydrogen-bond acceptors (Lipinski definition) is 6. The highest BCUT2D eigenvalue weighted by atomic mass is 35.5. The average Bonchev–Trinajstić information content (AvgIpc) is 2.85. The topological polar surface area (TPSA) is 98.7 Å². The van der Waals surface area contributed by atoms with E-state index >= 15 is 0 Å². The van der Waals surface area contributed by atoms with Crippen molar-refractivity contribution in [1.82, 2.24) is 9.97 Å². The minimum Gasteiger partial charge on any atom is -0.477 e.